The van der Waals surface area contributed by atoms with Gasteiger partial charge in [-0.3, -0.25) is 0 Å². The zero-order valence-corrected chi connectivity index (χ0v) is 15.0. The van der Waals surface area contributed by atoms with E-state index < -0.39 is 0 Å². The fraction of sp³-hybridized carbons (Fsp3) is 0.211. The van der Waals surface area contributed by atoms with Crippen molar-refractivity contribution in [2.24, 2.45) is 0 Å². The molecule has 0 saturated heterocycles. The first-order valence-electron chi connectivity index (χ1n) is 8.20. The molecule has 25 heavy (non-hydrogen) atoms. The normalized spacial score (nSPS) is 10.5. The van der Waals surface area contributed by atoms with E-state index in [2.05, 4.69) is 57.9 Å². The number of aryl methyl sites for hydroxylation is 2. The Morgan fingerprint density at radius 3 is 2.64 bits per heavy atom. The molecule has 3 rings (SSSR count). The number of anilines is 3. The van der Waals surface area contributed by atoms with Crippen LogP contribution < -0.4 is 10.6 Å². The molecule has 1 aromatic heterocycles. The van der Waals surface area contributed by atoms with E-state index in [0.29, 0.717) is 18.3 Å². The first-order chi connectivity index (χ1) is 12.2. The molecular weight excluding hydrogens is 334 g/mol. The number of nitrogens with zero attached hydrogens (tertiary/aromatic N) is 3. The Hall–Kier alpha value is -2.66. The fourth-order valence-corrected chi connectivity index (χ4v) is 2.79. The molecule has 0 radical (unpaired) electrons. The van der Waals surface area contributed by atoms with Crippen molar-refractivity contribution in [3.63, 3.8) is 0 Å². The highest BCUT2D eigenvalue weighted by atomic mass is 35.5. The number of para-hydroxylation sites is 1. The van der Waals surface area contributed by atoms with E-state index in [1.807, 2.05) is 24.3 Å². The summed E-state index contributed by atoms with van der Waals surface area (Å²) in [5, 5.41) is 15.4. The maximum absolute atomic E-state index is 6.18. The molecule has 5 nitrogen and oxygen atoms in total. The van der Waals surface area contributed by atoms with Crippen molar-refractivity contribution in [3.05, 3.63) is 70.4 Å². The number of hydrogen-bond acceptors (Lipinski definition) is 5. The fourth-order valence-electron chi connectivity index (χ4n) is 2.58. The number of hydrogen-bond donors (Lipinski definition) is 2. The molecule has 0 spiro atoms. The van der Waals surface area contributed by atoms with Crippen LogP contribution >= 0.6 is 11.6 Å². The van der Waals surface area contributed by atoms with Crippen LogP contribution in [0.5, 0.6) is 0 Å². The number of nitrogens with one attached hydrogen (secondary N) is 2. The highest BCUT2D eigenvalue weighted by Crippen LogP contribution is 2.24. The molecule has 0 aliphatic carbocycles. The summed E-state index contributed by atoms with van der Waals surface area (Å²) in [4.78, 5) is 4.49. The van der Waals surface area contributed by atoms with Gasteiger partial charge in [-0.05, 0) is 36.1 Å². The molecule has 0 atom stereocenters. The molecule has 1 heterocycles. The van der Waals surface area contributed by atoms with Gasteiger partial charge in [-0.15, -0.1) is 5.10 Å². The zero-order valence-electron chi connectivity index (χ0n) is 14.3. The third-order valence-corrected chi connectivity index (χ3v) is 4.32. The minimum absolute atomic E-state index is 0.466. The Morgan fingerprint density at radius 2 is 1.84 bits per heavy atom. The molecule has 6 heteroatoms. The lowest BCUT2D eigenvalue weighted by molar-refractivity contribution is 0.963. The van der Waals surface area contributed by atoms with Gasteiger partial charge in [-0.25, -0.2) is 0 Å². The highest BCUT2D eigenvalue weighted by Gasteiger charge is 2.08. The minimum atomic E-state index is 0.466. The quantitative estimate of drug-likeness (QED) is 0.669. The molecule has 0 aliphatic rings. The lowest BCUT2D eigenvalue weighted by Crippen LogP contribution is -2.07. The standard InChI is InChI=1S/C19H20ClN5/c1-3-14-9-6-7-13(2)18(14)24-19-23-17(12-22-25-19)21-11-15-8-4-5-10-16(15)20/h4-10,12H,3,11H2,1-2H3,(H2,21,23,24,25). The van der Waals surface area contributed by atoms with Crippen LogP contribution in [0.2, 0.25) is 5.02 Å². The van der Waals surface area contributed by atoms with Crippen molar-refractivity contribution in [1.82, 2.24) is 15.2 Å². The predicted molar refractivity (Wildman–Crippen MR) is 102 cm³/mol. The van der Waals surface area contributed by atoms with E-state index >= 15 is 0 Å². The van der Waals surface area contributed by atoms with E-state index in [4.69, 9.17) is 11.6 Å². The molecule has 0 bridgehead atoms. The van der Waals surface area contributed by atoms with Gasteiger partial charge < -0.3 is 10.6 Å². The van der Waals surface area contributed by atoms with Crippen molar-refractivity contribution in [1.29, 1.82) is 0 Å². The summed E-state index contributed by atoms with van der Waals surface area (Å²) in [6.45, 7) is 4.76. The van der Waals surface area contributed by atoms with Gasteiger partial charge in [0, 0.05) is 17.3 Å². The van der Waals surface area contributed by atoms with Gasteiger partial charge in [0.25, 0.3) is 0 Å². The third kappa shape index (κ3) is 4.25. The molecule has 0 saturated carbocycles. The Balaban J connectivity index is 1.75. The van der Waals surface area contributed by atoms with E-state index in [9.17, 15) is 0 Å². The summed E-state index contributed by atoms with van der Waals surface area (Å²) in [5.41, 5.74) is 4.41. The Morgan fingerprint density at radius 1 is 1.04 bits per heavy atom. The van der Waals surface area contributed by atoms with Crippen LogP contribution in [0.1, 0.15) is 23.6 Å². The molecule has 0 unspecified atom stereocenters. The lowest BCUT2D eigenvalue weighted by Gasteiger charge is -2.13. The average Bonchev–Trinajstić information content (AvgIpc) is 2.63. The van der Waals surface area contributed by atoms with Crippen LogP contribution in [-0.4, -0.2) is 15.2 Å². The van der Waals surface area contributed by atoms with Gasteiger partial charge in [-0.1, -0.05) is 54.9 Å². The Bertz CT molecular complexity index is 866. The summed E-state index contributed by atoms with van der Waals surface area (Å²) >= 11 is 6.18. The number of halogens is 1. The van der Waals surface area contributed by atoms with E-state index in [1.165, 1.54) is 5.56 Å². The predicted octanol–water partition coefficient (Wildman–Crippen LogP) is 4.75. The Kier molecular flexibility index (Phi) is 5.46. The van der Waals surface area contributed by atoms with Crippen LogP contribution in [0, 0.1) is 6.92 Å². The van der Waals surface area contributed by atoms with Crippen molar-refractivity contribution >= 4 is 29.1 Å². The largest absolute Gasteiger partial charge is 0.364 e. The first-order valence-corrected chi connectivity index (χ1v) is 8.57. The first kappa shape index (κ1) is 17.2. The molecule has 3 aromatic rings. The smallest absolute Gasteiger partial charge is 0.249 e. The van der Waals surface area contributed by atoms with Gasteiger partial charge in [0.1, 0.15) is 0 Å². The molecule has 128 valence electrons. The maximum atomic E-state index is 6.18. The summed E-state index contributed by atoms with van der Waals surface area (Å²) < 4.78 is 0. The molecular formula is C19H20ClN5. The minimum Gasteiger partial charge on any atom is -0.364 e. The average molecular weight is 354 g/mol. The summed E-state index contributed by atoms with van der Waals surface area (Å²) in [6, 6.07) is 13.9. The van der Waals surface area contributed by atoms with E-state index in [0.717, 1.165) is 28.3 Å². The van der Waals surface area contributed by atoms with Gasteiger partial charge in [-0.2, -0.15) is 10.1 Å². The summed E-state index contributed by atoms with van der Waals surface area (Å²) in [5.74, 6) is 1.11. The van der Waals surface area contributed by atoms with Gasteiger partial charge in [0.05, 0.1) is 6.20 Å². The van der Waals surface area contributed by atoms with Crippen LogP contribution in [-0.2, 0) is 13.0 Å². The third-order valence-electron chi connectivity index (χ3n) is 3.95. The van der Waals surface area contributed by atoms with Crippen molar-refractivity contribution in [3.8, 4) is 0 Å². The van der Waals surface area contributed by atoms with Crippen molar-refractivity contribution in [2.45, 2.75) is 26.8 Å². The van der Waals surface area contributed by atoms with Crippen molar-refractivity contribution < 1.29 is 0 Å². The highest BCUT2D eigenvalue weighted by molar-refractivity contribution is 6.31. The van der Waals surface area contributed by atoms with E-state index in [-0.39, 0.29) is 0 Å². The van der Waals surface area contributed by atoms with Crippen LogP contribution in [0.25, 0.3) is 0 Å². The van der Waals surface area contributed by atoms with Crippen LogP contribution in [0.4, 0.5) is 17.5 Å². The summed E-state index contributed by atoms with van der Waals surface area (Å²) in [7, 11) is 0. The van der Waals surface area contributed by atoms with Gasteiger partial charge in [0.15, 0.2) is 5.82 Å². The lowest BCUT2D eigenvalue weighted by atomic mass is 10.1. The molecule has 2 aromatic carbocycles. The number of aromatic nitrogens is 3. The second-order valence-electron chi connectivity index (χ2n) is 5.70. The Labute approximate surface area is 152 Å². The number of benzene rings is 2. The second-order valence-corrected chi connectivity index (χ2v) is 6.10. The maximum Gasteiger partial charge on any atom is 0.249 e. The van der Waals surface area contributed by atoms with Crippen LogP contribution in [0.3, 0.4) is 0 Å². The molecule has 0 fully saturated rings. The molecule has 0 aliphatic heterocycles. The zero-order chi connectivity index (χ0) is 17.6. The molecule has 2 N–H and O–H groups in total. The topological polar surface area (TPSA) is 62.7 Å². The summed E-state index contributed by atoms with van der Waals surface area (Å²) in [6.07, 6.45) is 2.53. The van der Waals surface area contributed by atoms with Gasteiger partial charge in [0.2, 0.25) is 5.95 Å². The van der Waals surface area contributed by atoms with E-state index in [1.54, 1.807) is 6.20 Å². The molecule has 0 amide bonds. The van der Waals surface area contributed by atoms with Gasteiger partial charge >= 0.3 is 0 Å². The van der Waals surface area contributed by atoms with Crippen molar-refractivity contribution in [2.75, 3.05) is 10.6 Å². The number of rotatable bonds is 6. The van der Waals surface area contributed by atoms with Crippen LogP contribution in [0.15, 0.2) is 48.7 Å². The second kappa shape index (κ2) is 7.94. The SMILES string of the molecule is CCc1cccc(C)c1Nc1nncc(NCc2ccccc2Cl)n1. The monoisotopic (exact) mass is 353 g/mol.